The van der Waals surface area contributed by atoms with Crippen LogP contribution in [0.4, 0.5) is 0 Å². The van der Waals surface area contributed by atoms with Crippen molar-refractivity contribution in [3.05, 3.63) is 122 Å². The molecule has 0 heterocycles. The van der Waals surface area contributed by atoms with Gasteiger partial charge in [0.05, 0.1) is 0 Å². The zero-order valence-corrected chi connectivity index (χ0v) is 51.6. The van der Waals surface area contributed by atoms with Crippen LogP contribution in [0.2, 0.25) is 0 Å². The van der Waals surface area contributed by atoms with Crippen LogP contribution < -0.4 is 0 Å². The van der Waals surface area contributed by atoms with Gasteiger partial charge in [-0.05, 0) is 128 Å². The van der Waals surface area contributed by atoms with E-state index in [2.05, 4.69) is 142 Å². The van der Waals surface area contributed by atoms with Crippen molar-refractivity contribution in [1.29, 1.82) is 0 Å². The topological polar surface area (TPSA) is 78.9 Å². The van der Waals surface area contributed by atoms with E-state index >= 15 is 0 Å². The quantitative estimate of drug-likeness (QED) is 0.0261. The second kappa shape index (κ2) is 66.3. The fourth-order valence-corrected chi connectivity index (χ4v) is 8.96. The zero-order valence-electron chi connectivity index (χ0n) is 51.6. The van der Waals surface area contributed by atoms with Gasteiger partial charge >= 0.3 is 17.9 Å². The molecule has 6 heteroatoms. The Morgan fingerprint density at radius 2 is 0.506 bits per heavy atom. The van der Waals surface area contributed by atoms with Crippen LogP contribution in [0.25, 0.3) is 0 Å². The molecular formula is C73H122O6. The molecule has 0 radical (unpaired) electrons. The van der Waals surface area contributed by atoms with Crippen molar-refractivity contribution in [3.63, 3.8) is 0 Å². The lowest BCUT2D eigenvalue weighted by molar-refractivity contribution is -0.167. The summed E-state index contributed by atoms with van der Waals surface area (Å²) in [5, 5.41) is 0. The zero-order chi connectivity index (χ0) is 57.1. The van der Waals surface area contributed by atoms with Crippen molar-refractivity contribution in [2.45, 2.75) is 309 Å². The lowest BCUT2D eigenvalue weighted by Gasteiger charge is -2.18. The van der Waals surface area contributed by atoms with Crippen molar-refractivity contribution in [2.75, 3.05) is 13.2 Å². The van der Waals surface area contributed by atoms with Crippen LogP contribution in [-0.4, -0.2) is 37.2 Å². The Morgan fingerprint density at radius 1 is 0.266 bits per heavy atom. The van der Waals surface area contributed by atoms with Gasteiger partial charge in [0, 0.05) is 19.3 Å². The molecule has 0 saturated carbocycles. The molecule has 0 N–H and O–H groups in total. The lowest BCUT2D eigenvalue weighted by atomic mass is 10.0. The number of hydrogen-bond acceptors (Lipinski definition) is 6. The van der Waals surface area contributed by atoms with E-state index in [4.69, 9.17) is 14.2 Å². The molecule has 1 atom stereocenters. The SMILES string of the molecule is CC/C=C\C/C=C\C/C=C\C/C=C\C/C=C\C/C=C\CCCCCCCCCCCCCCC(=O)OCC(COC(=O)CCCCCCC/C=C\C/C=C\CCCC)OC(=O)CCCCCCC/C=C\C/C=C\CCCCCC. The van der Waals surface area contributed by atoms with Gasteiger partial charge in [-0.2, -0.15) is 0 Å². The summed E-state index contributed by atoms with van der Waals surface area (Å²) in [4.78, 5) is 38.3. The second-order valence-corrected chi connectivity index (χ2v) is 21.6. The highest BCUT2D eigenvalue weighted by atomic mass is 16.6. The maximum atomic E-state index is 12.9. The van der Waals surface area contributed by atoms with Crippen molar-refractivity contribution in [2.24, 2.45) is 0 Å². The molecule has 79 heavy (non-hydrogen) atoms. The molecule has 0 aliphatic carbocycles. The summed E-state index contributed by atoms with van der Waals surface area (Å²) in [7, 11) is 0. The van der Waals surface area contributed by atoms with E-state index in [0.29, 0.717) is 19.3 Å². The van der Waals surface area contributed by atoms with E-state index in [0.717, 1.165) is 148 Å². The lowest BCUT2D eigenvalue weighted by Crippen LogP contribution is -2.30. The molecule has 0 aliphatic heterocycles. The molecular weight excluding hydrogens is 973 g/mol. The average molecular weight is 1100 g/mol. The molecule has 6 nitrogen and oxygen atoms in total. The number of hydrogen-bond donors (Lipinski definition) is 0. The number of esters is 3. The van der Waals surface area contributed by atoms with Gasteiger partial charge in [0.25, 0.3) is 0 Å². The van der Waals surface area contributed by atoms with Gasteiger partial charge in [-0.3, -0.25) is 14.4 Å². The molecule has 0 fully saturated rings. The third kappa shape index (κ3) is 64.5. The average Bonchev–Trinajstić information content (AvgIpc) is 3.45. The summed E-state index contributed by atoms with van der Waals surface area (Å²) in [6.45, 7) is 6.46. The summed E-state index contributed by atoms with van der Waals surface area (Å²) in [6, 6.07) is 0. The van der Waals surface area contributed by atoms with Gasteiger partial charge in [-0.1, -0.05) is 277 Å². The number of carbonyl (C=O) groups excluding carboxylic acids is 3. The van der Waals surface area contributed by atoms with Crippen LogP contribution in [0.15, 0.2) is 122 Å². The Morgan fingerprint density at radius 3 is 0.810 bits per heavy atom. The highest BCUT2D eigenvalue weighted by Gasteiger charge is 2.19. The van der Waals surface area contributed by atoms with Crippen molar-refractivity contribution in [3.8, 4) is 0 Å². The molecule has 0 aromatic carbocycles. The van der Waals surface area contributed by atoms with E-state index < -0.39 is 6.10 Å². The first-order valence-electron chi connectivity index (χ1n) is 33.0. The van der Waals surface area contributed by atoms with E-state index in [1.165, 1.54) is 116 Å². The number of carbonyl (C=O) groups is 3. The molecule has 0 aliphatic rings. The minimum atomic E-state index is -0.795. The summed E-state index contributed by atoms with van der Waals surface area (Å²) in [5.74, 6) is -0.914. The predicted molar refractivity (Wildman–Crippen MR) is 343 cm³/mol. The molecule has 0 bridgehead atoms. The summed E-state index contributed by atoms with van der Waals surface area (Å²) in [5.41, 5.74) is 0. The van der Waals surface area contributed by atoms with Gasteiger partial charge in [-0.15, -0.1) is 0 Å². The smallest absolute Gasteiger partial charge is 0.306 e. The molecule has 0 saturated heterocycles. The van der Waals surface area contributed by atoms with Crippen LogP contribution >= 0.6 is 0 Å². The van der Waals surface area contributed by atoms with Crippen LogP contribution in [-0.2, 0) is 28.6 Å². The van der Waals surface area contributed by atoms with Crippen LogP contribution in [0.3, 0.4) is 0 Å². The molecule has 450 valence electrons. The molecule has 0 amide bonds. The summed E-state index contributed by atoms with van der Waals surface area (Å²) in [6.07, 6.45) is 92.1. The fraction of sp³-hybridized carbons (Fsp3) is 0.685. The van der Waals surface area contributed by atoms with E-state index in [1.54, 1.807) is 0 Å². The van der Waals surface area contributed by atoms with Gasteiger partial charge in [0.2, 0.25) is 0 Å². The first-order valence-corrected chi connectivity index (χ1v) is 33.0. The molecule has 1 unspecified atom stereocenters. The Bertz CT molecular complexity index is 1640. The van der Waals surface area contributed by atoms with Crippen molar-refractivity contribution < 1.29 is 28.6 Å². The first kappa shape index (κ1) is 74.8. The standard InChI is InChI=1S/C73H122O6/c1-4-7-10-13-16-19-22-25-28-30-31-32-33-34-35-36-37-38-39-40-41-42-43-44-46-48-51-54-57-60-63-66-72(75)78-69-70(68-77-71(74)65-62-59-56-53-50-47-27-24-21-18-15-12-9-6-3)79-73(76)67-64-61-58-55-52-49-45-29-26-23-20-17-14-11-8-5-2/h7,10,15-16,18-20,23-25,27-29,31-32,34-35,37-38,45,70H,4-6,8-9,11-14,17,21-22,26,30,33,36,39-44,46-69H2,1-3H3/b10-7-,18-15-,19-16-,23-20-,27-24-,28-25-,32-31-,35-34-,38-37-,45-29-. The maximum Gasteiger partial charge on any atom is 0.306 e. The Labute approximate surface area is 488 Å². The monoisotopic (exact) mass is 1090 g/mol. The van der Waals surface area contributed by atoms with E-state index in [-0.39, 0.29) is 31.1 Å². The third-order valence-electron chi connectivity index (χ3n) is 13.9. The highest BCUT2D eigenvalue weighted by molar-refractivity contribution is 5.71. The predicted octanol–water partition coefficient (Wildman–Crippen LogP) is 22.8. The largest absolute Gasteiger partial charge is 0.462 e. The fourth-order valence-electron chi connectivity index (χ4n) is 8.96. The van der Waals surface area contributed by atoms with Crippen LogP contribution in [0, 0.1) is 0 Å². The van der Waals surface area contributed by atoms with Crippen molar-refractivity contribution >= 4 is 17.9 Å². The van der Waals surface area contributed by atoms with Gasteiger partial charge in [0.1, 0.15) is 13.2 Å². The Balaban J connectivity index is 4.28. The normalized spacial score (nSPS) is 12.9. The molecule has 0 spiro atoms. The second-order valence-electron chi connectivity index (χ2n) is 21.6. The number of allylic oxidation sites excluding steroid dienone is 20. The third-order valence-corrected chi connectivity index (χ3v) is 13.9. The van der Waals surface area contributed by atoms with Gasteiger partial charge in [0.15, 0.2) is 6.10 Å². The highest BCUT2D eigenvalue weighted by Crippen LogP contribution is 2.16. The minimum absolute atomic E-state index is 0.0901. The van der Waals surface area contributed by atoms with E-state index in [9.17, 15) is 14.4 Å². The molecule has 0 aromatic heterocycles. The van der Waals surface area contributed by atoms with E-state index in [1.807, 2.05) is 0 Å². The van der Waals surface area contributed by atoms with Crippen LogP contribution in [0.1, 0.15) is 303 Å². The molecule has 0 aromatic rings. The number of rotatable bonds is 59. The minimum Gasteiger partial charge on any atom is -0.462 e. The van der Waals surface area contributed by atoms with Gasteiger partial charge in [-0.25, -0.2) is 0 Å². The number of ether oxygens (including phenoxy) is 3. The molecule has 0 rings (SSSR count). The summed E-state index contributed by atoms with van der Waals surface area (Å²) >= 11 is 0. The Kier molecular flexibility index (Phi) is 62.8. The number of unbranched alkanes of at least 4 members (excludes halogenated alkanes) is 28. The van der Waals surface area contributed by atoms with Gasteiger partial charge < -0.3 is 14.2 Å². The van der Waals surface area contributed by atoms with Crippen molar-refractivity contribution in [1.82, 2.24) is 0 Å². The first-order chi connectivity index (χ1) is 39.0. The summed E-state index contributed by atoms with van der Waals surface area (Å²) < 4.78 is 16.9. The van der Waals surface area contributed by atoms with Crippen LogP contribution in [0.5, 0.6) is 0 Å². The maximum absolute atomic E-state index is 12.9. The Hall–Kier alpha value is -4.19.